The highest BCUT2D eigenvalue weighted by Crippen LogP contribution is 2.22. The Kier molecular flexibility index (Phi) is 6.20. The van der Waals surface area contributed by atoms with Crippen molar-refractivity contribution in [3.05, 3.63) is 71.3 Å². The lowest BCUT2D eigenvalue weighted by molar-refractivity contribution is -0.124. The first-order valence-corrected chi connectivity index (χ1v) is 8.89. The second-order valence-corrected chi connectivity index (χ2v) is 6.27. The molecule has 0 fully saturated rings. The molecule has 0 aliphatic carbocycles. The Hall–Kier alpha value is -3.72. The van der Waals surface area contributed by atoms with Gasteiger partial charge in [-0.25, -0.2) is 4.79 Å². The molecule has 0 radical (unpaired) electrons. The quantitative estimate of drug-likeness (QED) is 0.454. The van der Waals surface area contributed by atoms with Crippen LogP contribution < -0.4 is 10.6 Å². The molecular formula is C20H19N3O6. The number of nitrogens with one attached hydrogen (secondary N) is 2. The van der Waals surface area contributed by atoms with Gasteiger partial charge in [0.1, 0.15) is 6.04 Å². The van der Waals surface area contributed by atoms with Crippen LogP contribution in [0, 0.1) is 0 Å². The molecule has 1 atom stereocenters. The van der Waals surface area contributed by atoms with Crippen LogP contribution in [0.5, 0.6) is 0 Å². The van der Waals surface area contributed by atoms with Crippen molar-refractivity contribution in [1.29, 1.82) is 0 Å². The highest BCUT2D eigenvalue weighted by atomic mass is 16.7. The smallest absolute Gasteiger partial charge is 0.405 e. The summed E-state index contributed by atoms with van der Waals surface area (Å²) in [5, 5.41) is 14.4. The Morgan fingerprint density at radius 3 is 2.14 bits per heavy atom. The standard InChI is InChI=1S/C20H19N3O6/c24-17(16(22-20(27)28)12-13-6-2-1-3-7-13)21-10-11-29-23-18(25)14-8-4-5-9-15(14)19(23)26/h1-9,16,22H,10-12H2,(H,21,24)(H,27,28). The van der Waals surface area contributed by atoms with Gasteiger partial charge in [0.15, 0.2) is 0 Å². The molecule has 3 rings (SSSR count). The van der Waals surface area contributed by atoms with Crippen LogP contribution in [-0.2, 0) is 16.1 Å². The number of fused-ring (bicyclic) bond motifs is 1. The lowest BCUT2D eigenvalue weighted by Gasteiger charge is -2.18. The number of hydroxylamine groups is 2. The summed E-state index contributed by atoms with van der Waals surface area (Å²) in [6, 6.07) is 14.4. The fraction of sp³-hybridized carbons (Fsp3) is 0.200. The minimum atomic E-state index is -1.32. The largest absolute Gasteiger partial charge is 0.465 e. The van der Waals surface area contributed by atoms with Crippen LogP contribution in [0.25, 0.3) is 0 Å². The lowest BCUT2D eigenvalue weighted by atomic mass is 10.1. The molecule has 0 saturated carbocycles. The van der Waals surface area contributed by atoms with Gasteiger partial charge < -0.3 is 15.7 Å². The van der Waals surface area contributed by atoms with Gasteiger partial charge in [0.2, 0.25) is 5.91 Å². The van der Waals surface area contributed by atoms with Gasteiger partial charge in [-0.1, -0.05) is 42.5 Å². The second-order valence-electron chi connectivity index (χ2n) is 6.27. The van der Waals surface area contributed by atoms with Crippen molar-refractivity contribution in [2.45, 2.75) is 12.5 Å². The number of carboxylic acid groups (broad SMARTS) is 1. The Morgan fingerprint density at radius 1 is 0.966 bits per heavy atom. The van der Waals surface area contributed by atoms with E-state index in [1.54, 1.807) is 36.4 Å². The number of carbonyl (C=O) groups excluding carboxylic acids is 3. The van der Waals surface area contributed by atoms with E-state index in [-0.39, 0.29) is 30.7 Å². The number of rotatable bonds is 8. The first-order valence-electron chi connectivity index (χ1n) is 8.89. The maximum absolute atomic E-state index is 12.3. The molecule has 0 aromatic heterocycles. The number of hydrogen-bond acceptors (Lipinski definition) is 5. The molecular weight excluding hydrogens is 378 g/mol. The molecule has 1 aliphatic heterocycles. The van der Waals surface area contributed by atoms with E-state index in [9.17, 15) is 19.2 Å². The summed E-state index contributed by atoms with van der Waals surface area (Å²) >= 11 is 0. The summed E-state index contributed by atoms with van der Waals surface area (Å²) in [5.41, 5.74) is 1.31. The molecule has 9 heteroatoms. The number of carbonyl (C=O) groups is 4. The Morgan fingerprint density at radius 2 is 1.55 bits per heavy atom. The molecule has 0 saturated heterocycles. The summed E-state index contributed by atoms with van der Waals surface area (Å²) in [6.07, 6.45) is -1.14. The van der Waals surface area contributed by atoms with E-state index < -0.39 is 29.9 Å². The topological polar surface area (TPSA) is 125 Å². The maximum Gasteiger partial charge on any atom is 0.405 e. The highest BCUT2D eigenvalue weighted by Gasteiger charge is 2.36. The van der Waals surface area contributed by atoms with Gasteiger partial charge >= 0.3 is 6.09 Å². The molecule has 9 nitrogen and oxygen atoms in total. The molecule has 29 heavy (non-hydrogen) atoms. The van der Waals surface area contributed by atoms with E-state index in [0.717, 1.165) is 5.56 Å². The minimum Gasteiger partial charge on any atom is -0.465 e. The minimum absolute atomic E-state index is 0.0151. The highest BCUT2D eigenvalue weighted by molar-refractivity contribution is 6.20. The first-order chi connectivity index (χ1) is 14.0. The predicted octanol–water partition coefficient (Wildman–Crippen LogP) is 1.21. The van der Waals surface area contributed by atoms with Crippen molar-refractivity contribution in [3.63, 3.8) is 0 Å². The van der Waals surface area contributed by atoms with Crippen LogP contribution in [0.2, 0.25) is 0 Å². The zero-order valence-corrected chi connectivity index (χ0v) is 15.3. The molecule has 0 bridgehead atoms. The van der Waals surface area contributed by atoms with Gasteiger partial charge in [-0.2, -0.15) is 0 Å². The van der Waals surface area contributed by atoms with Gasteiger partial charge in [0, 0.05) is 13.0 Å². The number of nitrogens with zero attached hydrogens (tertiary/aromatic N) is 1. The van der Waals surface area contributed by atoms with Gasteiger partial charge in [-0.3, -0.25) is 19.2 Å². The van der Waals surface area contributed by atoms with Crippen molar-refractivity contribution in [3.8, 4) is 0 Å². The van der Waals surface area contributed by atoms with E-state index in [1.807, 2.05) is 6.07 Å². The fourth-order valence-electron chi connectivity index (χ4n) is 2.93. The van der Waals surface area contributed by atoms with E-state index in [1.165, 1.54) is 12.1 Å². The third-order valence-corrected chi connectivity index (χ3v) is 4.28. The van der Waals surface area contributed by atoms with Crippen LogP contribution in [-0.4, -0.2) is 53.2 Å². The SMILES string of the molecule is O=C(O)NC(Cc1ccccc1)C(=O)NCCON1C(=O)c2ccccc2C1=O. The van der Waals surface area contributed by atoms with Crippen LogP contribution in [0.3, 0.4) is 0 Å². The fourth-order valence-corrected chi connectivity index (χ4v) is 2.93. The Labute approximate surface area is 166 Å². The molecule has 1 heterocycles. The van der Waals surface area contributed by atoms with Crippen LogP contribution >= 0.6 is 0 Å². The summed E-state index contributed by atoms with van der Waals surface area (Å²) in [6.45, 7) is -0.152. The van der Waals surface area contributed by atoms with E-state index in [2.05, 4.69) is 10.6 Å². The molecule has 2 aromatic carbocycles. The zero-order valence-electron chi connectivity index (χ0n) is 15.3. The average molecular weight is 397 g/mol. The van der Waals surface area contributed by atoms with Gasteiger partial charge in [-0.15, -0.1) is 5.06 Å². The van der Waals surface area contributed by atoms with Crippen molar-refractivity contribution < 1.29 is 29.1 Å². The van der Waals surface area contributed by atoms with Crippen LogP contribution in [0.1, 0.15) is 26.3 Å². The van der Waals surface area contributed by atoms with E-state index >= 15 is 0 Å². The van der Waals surface area contributed by atoms with Crippen LogP contribution in [0.15, 0.2) is 54.6 Å². The monoisotopic (exact) mass is 397 g/mol. The summed E-state index contributed by atoms with van der Waals surface area (Å²) in [5.74, 6) is -1.67. The number of imide groups is 1. The third-order valence-electron chi connectivity index (χ3n) is 4.28. The molecule has 150 valence electrons. The summed E-state index contributed by atoms with van der Waals surface area (Å²) < 4.78 is 0. The first kappa shape index (κ1) is 20.0. The van der Waals surface area contributed by atoms with Gasteiger partial charge in [-0.05, 0) is 17.7 Å². The molecule has 3 N–H and O–H groups in total. The van der Waals surface area contributed by atoms with Crippen molar-refractivity contribution in [2.24, 2.45) is 0 Å². The summed E-state index contributed by atoms with van der Waals surface area (Å²) in [7, 11) is 0. The lowest BCUT2D eigenvalue weighted by Crippen LogP contribution is -2.48. The number of hydrogen-bond donors (Lipinski definition) is 3. The average Bonchev–Trinajstić information content (AvgIpc) is 2.96. The molecule has 1 aliphatic rings. The second kappa shape index (κ2) is 8.98. The third kappa shape index (κ3) is 4.77. The van der Waals surface area contributed by atoms with Crippen molar-refractivity contribution in [1.82, 2.24) is 15.7 Å². The Bertz CT molecular complexity index is 896. The predicted molar refractivity (Wildman–Crippen MR) is 101 cm³/mol. The maximum atomic E-state index is 12.3. The Balaban J connectivity index is 1.51. The van der Waals surface area contributed by atoms with Crippen molar-refractivity contribution in [2.75, 3.05) is 13.2 Å². The number of amides is 4. The van der Waals surface area contributed by atoms with Crippen LogP contribution in [0.4, 0.5) is 4.79 Å². The van der Waals surface area contributed by atoms with Gasteiger partial charge in [0.05, 0.1) is 17.7 Å². The van der Waals surface area contributed by atoms with E-state index in [4.69, 9.17) is 9.94 Å². The molecule has 1 unspecified atom stereocenters. The van der Waals surface area contributed by atoms with Crippen molar-refractivity contribution >= 4 is 23.8 Å². The summed E-state index contributed by atoms with van der Waals surface area (Å²) in [4.78, 5) is 52.9. The number of benzene rings is 2. The molecule has 4 amide bonds. The van der Waals surface area contributed by atoms with Gasteiger partial charge in [0.25, 0.3) is 11.8 Å². The van der Waals surface area contributed by atoms with E-state index in [0.29, 0.717) is 5.06 Å². The zero-order chi connectivity index (χ0) is 20.8. The molecule has 2 aromatic rings. The molecule has 0 spiro atoms. The normalized spacial score (nSPS) is 13.7.